The van der Waals surface area contributed by atoms with Crippen LogP contribution in [0.4, 0.5) is 5.69 Å². The molecule has 118 valence electrons. The number of quaternary nitrogens is 1. The summed E-state index contributed by atoms with van der Waals surface area (Å²) in [6, 6.07) is 8.46. The molecular formula is C16H23N4O2+. The average Bonchev–Trinajstić information content (AvgIpc) is 2.45. The first-order valence-electron chi connectivity index (χ1n) is 7.26. The molecule has 0 aliphatic carbocycles. The summed E-state index contributed by atoms with van der Waals surface area (Å²) in [4.78, 5) is 24.7. The number of hydrogen-bond acceptors (Lipinski definition) is 3. The molecule has 0 heterocycles. The highest BCUT2D eigenvalue weighted by Crippen LogP contribution is 2.09. The molecular weight excluding hydrogens is 280 g/mol. The zero-order valence-electron chi connectivity index (χ0n) is 13.4. The fraction of sp³-hybridized carbons (Fsp3) is 0.438. The van der Waals surface area contributed by atoms with Crippen molar-refractivity contribution in [1.29, 1.82) is 5.26 Å². The first-order valence-corrected chi connectivity index (χ1v) is 7.26. The van der Waals surface area contributed by atoms with E-state index in [1.54, 1.807) is 38.2 Å². The summed E-state index contributed by atoms with van der Waals surface area (Å²) in [5, 5.41) is 14.4. The molecule has 0 aliphatic heterocycles. The van der Waals surface area contributed by atoms with E-state index in [4.69, 9.17) is 5.26 Å². The van der Waals surface area contributed by atoms with E-state index in [9.17, 15) is 9.59 Å². The molecule has 6 nitrogen and oxygen atoms in total. The normalized spacial score (nSPS) is 13.1. The molecule has 22 heavy (non-hydrogen) atoms. The minimum Gasteiger partial charge on any atom is -0.349 e. The SMILES string of the molecule is CC(C)NC(=O)C[NH+](C)[C@@H](C)C(=O)Nc1cccc(C#N)c1. The van der Waals surface area contributed by atoms with Crippen molar-refractivity contribution in [3.05, 3.63) is 29.8 Å². The topological polar surface area (TPSA) is 86.4 Å². The standard InChI is InChI=1S/C16H22N4O2/c1-11(2)18-15(21)10-20(4)12(3)16(22)19-14-7-5-6-13(8-14)9-17/h5-8,11-12H,10H2,1-4H3,(H,18,21)(H,19,22)/p+1/t12-/m0/s1. The first kappa shape index (κ1) is 17.7. The molecule has 0 fully saturated rings. The number of amides is 2. The van der Waals surface area contributed by atoms with Crippen molar-refractivity contribution in [3.8, 4) is 6.07 Å². The predicted molar refractivity (Wildman–Crippen MR) is 84.3 cm³/mol. The summed E-state index contributed by atoms with van der Waals surface area (Å²) >= 11 is 0. The fourth-order valence-corrected chi connectivity index (χ4v) is 1.92. The van der Waals surface area contributed by atoms with E-state index in [0.29, 0.717) is 11.3 Å². The Morgan fingerprint density at radius 2 is 2.00 bits per heavy atom. The molecule has 2 amide bonds. The second-order valence-corrected chi connectivity index (χ2v) is 5.65. The Hall–Kier alpha value is -2.39. The van der Waals surface area contributed by atoms with Crippen LogP contribution >= 0.6 is 0 Å². The van der Waals surface area contributed by atoms with Crippen LogP contribution in [0.25, 0.3) is 0 Å². The van der Waals surface area contributed by atoms with Crippen LogP contribution in [0.15, 0.2) is 24.3 Å². The summed E-state index contributed by atoms with van der Waals surface area (Å²) in [6.07, 6.45) is 0. The lowest BCUT2D eigenvalue weighted by Gasteiger charge is -2.21. The summed E-state index contributed by atoms with van der Waals surface area (Å²) in [5.41, 5.74) is 1.07. The second-order valence-electron chi connectivity index (χ2n) is 5.65. The van der Waals surface area contributed by atoms with Gasteiger partial charge in [0, 0.05) is 11.7 Å². The third kappa shape index (κ3) is 5.54. The minimum absolute atomic E-state index is 0.0816. The Morgan fingerprint density at radius 3 is 2.59 bits per heavy atom. The predicted octanol–water partition coefficient (Wildman–Crippen LogP) is -0.0754. The number of nitriles is 1. The van der Waals surface area contributed by atoms with Crippen LogP contribution < -0.4 is 15.5 Å². The maximum absolute atomic E-state index is 12.2. The number of carbonyl (C=O) groups is 2. The zero-order chi connectivity index (χ0) is 16.7. The van der Waals surface area contributed by atoms with Gasteiger partial charge in [-0.25, -0.2) is 0 Å². The minimum atomic E-state index is -0.386. The highest BCUT2D eigenvalue weighted by Gasteiger charge is 2.24. The lowest BCUT2D eigenvalue weighted by atomic mass is 10.2. The number of hydrogen-bond donors (Lipinski definition) is 3. The van der Waals surface area contributed by atoms with E-state index in [0.717, 1.165) is 4.90 Å². The molecule has 6 heteroatoms. The van der Waals surface area contributed by atoms with Crippen LogP contribution in [-0.4, -0.2) is 37.5 Å². The summed E-state index contributed by atoms with van der Waals surface area (Å²) < 4.78 is 0. The number of nitrogens with zero attached hydrogens (tertiary/aromatic N) is 1. The Kier molecular flexibility index (Phi) is 6.54. The summed E-state index contributed by atoms with van der Waals surface area (Å²) in [5.74, 6) is -0.274. The molecule has 1 aromatic carbocycles. The Labute approximate surface area is 131 Å². The van der Waals surface area contributed by atoms with E-state index >= 15 is 0 Å². The van der Waals surface area contributed by atoms with Gasteiger partial charge in [-0.2, -0.15) is 5.26 Å². The van der Waals surface area contributed by atoms with Crippen molar-refractivity contribution in [2.45, 2.75) is 32.9 Å². The van der Waals surface area contributed by atoms with Gasteiger partial charge in [0.05, 0.1) is 18.7 Å². The maximum atomic E-state index is 12.2. The largest absolute Gasteiger partial charge is 0.349 e. The number of anilines is 1. The monoisotopic (exact) mass is 303 g/mol. The van der Waals surface area contributed by atoms with Crippen LogP contribution in [-0.2, 0) is 9.59 Å². The van der Waals surface area contributed by atoms with E-state index in [2.05, 4.69) is 10.6 Å². The molecule has 0 saturated carbocycles. The van der Waals surface area contributed by atoms with Crippen molar-refractivity contribution in [2.24, 2.45) is 0 Å². The van der Waals surface area contributed by atoms with Crippen molar-refractivity contribution in [3.63, 3.8) is 0 Å². The zero-order valence-corrected chi connectivity index (χ0v) is 13.4. The van der Waals surface area contributed by atoms with E-state index in [1.807, 2.05) is 19.9 Å². The van der Waals surface area contributed by atoms with Gasteiger partial charge in [0.25, 0.3) is 11.8 Å². The Bertz CT molecular complexity index is 578. The van der Waals surface area contributed by atoms with Gasteiger partial charge in [0.1, 0.15) is 0 Å². The first-order chi connectivity index (χ1) is 10.3. The summed E-state index contributed by atoms with van der Waals surface area (Å²) in [6.45, 7) is 5.78. The van der Waals surface area contributed by atoms with E-state index in [1.165, 1.54) is 0 Å². The van der Waals surface area contributed by atoms with Crippen molar-refractivity contribution in [1.82, 2.24) is 5.32 Å². The Morgan fingerprint density at radius 1 is 1.32 bits per heavy atom. The van der Waals surface area contributed by atoms with Crippen molar-refractivity contribution < 1.29 is 14.5 Å². The lowest BCUT2D eigenvalue weighted by Crippen LogP contribution is -3.15. The highest BCUT2D eigenvalue weighted by atomic mass is 16.2. The molecule has 2 atom stereocenters. The van der Waals surface area contributed by atoms with Crippen molar-refractivity contribution >= 4 is 17.5 Å². The third-order valence-corrected chi connectivity index (χ3v) is 3.28. The molecule has 0 bridgehead atoms. The van der Waals surface area contributed by atoms with Gasteiger partial charge in [-0.3, -0.25) is 9.59 Å². The molecule has 0 aromatic heterocycles. The lowest BCUT2D eigenvalue weighted by molar-refractivity contribution is -0.885. The Balaban J connectivity index is 2.60. The number of nitrogens with one attached hydrogen (secondary N) is 3. The number of rotatable bonds is 6. The average molecular weight is 303 g/mol. The molecule has 0 aliphatic rings. The molecule has 1 rings (SSSR count). The maximum Gasteiger partial charge on any atom is 0.282 e. The van der Waals surface area contributed by atoms with E-state index in [-0.39, 0.29) is 30.4 Å². The van der Waals surface area contributed by atoms with Crippen LogP contribution in [0.1, 0.15) is 26.3 Å². The smallest absolute Gasteiger partial charge is 0.282 e. The van der Waals surface area contributed by atoms with Crippen LogP contribution in [0.5, 0.6) is 0 Å². The third-order valence-electron chi connectivity index (χ3n) is 3.28. The molecule has 1 unspecified atom stereocenters. The van der Waals surface area contributed by atoms with Gasteiger partial charge in [-0.1, -0.05) is 6.07 Å². The molecule has 1 aromatic rings. The van der Waals surface area contributed by atoms with Crippen LogP contribution in [0.3, 0.4) is 0 Å². The second kappa shape index (κ2) is 8.15. The molecule has 3 N–H and O–H groups in total. The number of carbonyl (C=O) groups excluding carboxylic acids is 2. The quantitative estimate of drug-likeness (QED) is 0.687. The van der Waals surface area contributed by atoms with Gasteiger partial charge in [0.15, 0.2) is 12.6 Å². The van der Waals surface area contributed by atoms with E-state index < -0.39 is 0 Å². The fourth-order valence-electron chi connectivity index (χ4n) is 1.92. The van der Waals surface area contributed by atoms with Crippen LogP contribution in [0, 0.1) is 11.3 Å². The van der Waals surface area contributed by atoms with Gasteiger partial charge in [-0.05, 0) is 39.0 Å². The van der Waals surface area contributed by atoms with Crippen molar-refractivity contribution in [2.75, 3.05) is 18.9 Å². The number of likely N-dealkylation sites (N-methyl/N-ethyl adjacent to an activating group) is 1. The summed E-state index contributed by atoms with van der Waals surface area (Å²) in [7, 11) is 1.80. The van der Waals surface area contributed by atoms with Gasteiger partial charge in [0.2, 0.25) is 0 Å². The number of benzene rings is 1. The molecule has 0 spiro atoms. The van der Waals surface area contributed by atoms with Gasteiger partial charge >= 0.3 is 0 Å². The molecule has 0 radical (unpaired) electrons. The molecule has 0 saturated heterocycles. The highest BCUT2D eigenvalue weighted by molar-refractivity contribution is 5.93. The van der Waals surface area contributed by atoms with Crippen LogP contribution in [0.2, 0.25) is 0 Å². The van der Waals surface area contributed by atoms with Gasteiger partial charge < -0.3 is 15.5 Å². The van der Waals surface area contributed by atoms with Gasteiger partial charge in [-0.15, -0.1) is 0 Å².